The molecule has 4 heterocycles. The number of ether oxygens (including phenoxy) is 2. The number of hydrogen-bond donors (Lipinski definition) is 2. The highest BCUT2D eigenvalue weighted by atomic mass is 35.5. The molecule has 4 aromatic carbocycles. The number of nitrogen functional groups attached to an aromatic ring is 1. The quantitative estimate of drug-likeness (QED) is 0.114. The van der Waals surface area contributed by atoms with Crippen LogP contribution in [0.5, 0.6) is 11.5 Å². The molecule has 0 saturated heterocycles. The molecule has 12 nitrogen and oxygen atoms in total. The van der Waals surface area contributed by atoms with Gasteiger partial charge in [0.1, 0.15) is 11.5 Å². The van der Waals surface area contributed by atoms with Gasteiger partial charge in [0.25, 0.3) is 11.8 Å². The van der Waals surface area contributed by atoms with Crippen LogP contribution in [0.3, 0.4) is 0 Å². The topological polar surface area (TPSA) is 149 Å². The van der Waals surface area contributed by atoms with E-state index in [9.17, 15) is 9.59 Å². The van der Waals surface area contributed by atoms with Crippen LogP contribution in [0.25, 0.3) is 44.3 Å². The minimum atomic E-state index is 0.0426. The Morgan fingerprint density at radius 2 is 1.02 bits per heavy atom. The molecule has 0 spiro atoms. The van der Waals surface area contributed by atoms with Gasteiger partial charge in [0.2, 0.25) is 0 Å². The van der Waals surface area contributed by atoms with Gasteiger partial charge in [0.15, 0.2) is 0 Å². The molecule has 332 valence electrons. The number of fused-ring (bicyclic) bond motifs is 2. The fraction of sp³-hybridized carbons (Fsp3) is 0.192. The first-order valence-electron chi connectivity index (χ1n) is 21.3. The third-order valence-corrected chi connectivity index (χ3v) is 10.9. The number of carbonyl (C=O) groups is 2. The highest BCUT2D eigenvalue weighted by Crippen LogP contribution is 2.31. The number of nitrogens with two attached hydrogens (primary N) is 1. The van der Waals surface area contributed by atoms with E-state index in [0.29, 0.717) is 42.3 Å². The van der Waals surface area contributed by atoms with E-state index in [-0.39, 0.29) is 11.8 Å². The van der Waals surface area contributed by atoms with E-state index >= 15 is 0 Å². The van der Waals surface area contributed by atoms with Crippen LogP contribution < -0.4 is 20.5 Å². The Balaban J connectivity index is 0.000000186. The highest BCUT2D eigenvalue weighted by Gasteiger charge is 2.15. The standard InChI is InChI=1S/C26H26N4O2.C19H18ClN3O.C7H9NO/c1-4-30(5-2)26(31)19-8-6-18(7-9-19)24-16-25(22-17-27-15-14-23(22)29-24)28-20-10-12-21(32-3)13-11-20;1-3-23(4-2)19(24)14-7-5-13(6-8-14)18-11-16(20)15-12-21-10-9-17(15)22-18;1-9-7-4-2-6(8)3-5-7/h6-17H,4-5H2,1-3H3,(H,28,29);5-12H,3-4H2,1-2H3;2-5H,8H2,1H3. The molecule has 3 N–H and O–H groups in total. The lowest BCUT2D eigenvalue weighted by atomic mass is 10.1. The van der Waals surface area contributed by atoms with E-state index in [1.165, 1.54) is 0 Å². The third-order valence-electron chi connectivity index (χ3n) is 10.6. The van der Waals surface area contributed by atoms with Gasteiger partial charge in [-0.3, -0.25) is 19.6 Å². The average Bonchev–Trinajstić information content (AvgIpc) is 3.35. The minimum Gasteiger partial charge on any atom is -0.497 e. The third kappa shape index (κ3) is 11.9. The summed E-state index contributed by atoms with van der Waals surface area (Å²) in [6.45, 7) is 10.7. The summed E-state index contributed by atoms with van der Waals surface area (Å²) in [6.07, 6.45) is 6.95. The number of halogens is 1. The van der Waals surface area contributed by atoms with Gasteiger partial charge in [-0.1, -0.05) is 35.9 Å². The smallest absolute Gasteiger partial charge is 0.253 e. The summed E-state index contributed by atoms with van der Waals surface area (Å²) in [6, 6.07) is 37.7. The molecule has 0 unspecified atom stereocenters. The first-order valence-corrected chi connectivity index (χ1v) is 21.7. The number of carbonyl (C=O) groups excluding carboxylic acids is 2. The zero-order valence-electron chi connectivity index (χ0n) is 37.5. The van der Waals surface area contributed by atoms with Crippen molar-refractivity contribution in [2.24, 2.45) is 0 Å². The SMILES string of the molecule is CCN(CC)C(=O)c1ccc(-c2cc(Cl)c3cnccc3n2)cc1.CCN(CC)C(=O)c1ccc(-c2cc(Nc3ccc(OC)cc3)c3cnccc3n2)cc1.COc1ccc(N)cc1. The molecule has 0 fully saturated rings. The van der Waals surface area contributed by atoms with Gasteiger partial charge in [-0.15, -0.1) is 0 Å². The molecule has 13 heteroatoms. The van der Waals surface area contributed by atoms with Crippen LogP contribution in [0.2, 0.25) is 5.02 Å². The number of pyridine rings is 4. The van der Waals surface area contributed by atoms with Crippen molar-refractivity contribution >= 4 is 62.3 Å². The van der Waals surface area contributed by atoms with Gasteiger partial charge in [-0.25, -0.2) is 9.97 Å². The molecule has 0 radical (unpaired) electrons. The summed E-state index contributed by atoms with van der Waals surface area (Å²) in [4.78, 5) is 46.4. The fourth-order valence-electron chi connectivity index (χ4n) is 6.88. The van der Waals surface area contributed by atoms with Crippen LogP contribution in [-0.2, 0) is 0 Å². The van der Waals surface area contributed by atoms with Crippen molar-refractivity contribution in [3.63, 3.8) is 0 Å². The van der Waals surface area contributed by atoms with E-state index < -0.39 is 0 Å². The van der Waals surface area contributed by atoms with E-state index in [2.05, 4.69) is 20.3 Å². The van der Waals surface area contributed by atoms with E-state index in [0.717, 1.165) is 72.9 Å². The van der Waals surface area contributed by atoms with E-state index in [1.54, 1.807) is 49.8 Å². The first-order chi connectivity index (χ1) is 31.6. The Bertz CT molecular complexity index is 2820. The van der Waals surface area contributed by atoms with Crippen molar-refractivity contribution in [2.75, 3.05) is 51.4 Å². The Labute approximate surface area is 385 Å². The Kier molecular flexibility index (Phi) is 16.4. The molecular weight excluding hydrogens is 836 g/mol. The zero-order valence-corrected chi connectivity index (χ0v) is 38.2. The second-order valence-electron chi connectivity index (χ2n) is 14.6. The van der Waals surface area contributed by atoms with Gasteiger partial charge in [0.05, 0.1) is 47.4 Å². The zero-order chi connectivity index (χ0) is 46.3. The van der Waals surface area contributed by atoms with Crippen LogP contribution in [0.15, 0.2) is 146 Å². The molecule has 0 atom stereocenters. The summed E-state index contributed by atoms with van der Waals surface area (Å²) < 4.78 is 10.2. The Hall–Kier alpha value is -7.57. The number of hydrogen-bond acceptors (Lipinski definition) is 10. The van der Waals surface area contributed by atoms with Gasteiger partial charge in [-0.2, -0.15) is 0 Å². The first kappa shape index (κ1) is 46.9. The summed E-state index contributed by atoms with van der Waals surface area (Å²) >= 11 is 6.33. The summed E-state index contributed by atoms with van der Waals surface area (Å²) in [5.41, 5.74) is 14.5. The fourth-order valence-corrected chi connectivity index (χ4v) is 7.13. The van der Waals surface area contributed by atoms with Gasteiger partial charge in [-0.05, 0) is 125 Å². The van der Waals surface area contributed by atoms with Gasteiger partial charge >= 0.3 is 0 Å². The Morgan fingerprint density at radius 1 is 0.585 bits per heavy atom. The van der Waals surface area contributed by atoms with E-state index in [4.69, 9.17) is 31.8 Å². The van der Waals surface area contributed by atoms with Gasteiger partial charge in [0, 0.05) is 95.4 Å². The molecule has 8 rings (SSSR count). The maximum Gasteiger partial charge on any atom is 0.253 e. The largest absolute Gasteiger partial charge is 0.497 e. The lowest BCUT2D eigenvalue weighted by Crippen LogP contribution is -2.30. The van der Waals surface area contributed by atoms with E-state index in [1.807, 2.05) is 148 Å². The summed E-state index contributed by atoms with van der Waals surface area (Å²) in [5.74, 6) is 1.73. The second-order valence-corrected chi connectivity index (χ2v) is 15.0. The predicted octanol–water partition coefficient (Wildman–Crippen LogP) is 11.2. The van der Waals surface area contributed by atoms with Crippen LogP contribution in [0.4, 0.5) is 17.1 Å². The maximum absolute atomic E-state index is 12.6. The minimum absolute atomic E-state index is 0.0426. The number of methoxy groups -OCH3 is 2. The molecule has 4 aromatic heterocycles. The van der Waals surface area contributed by atoms with Crippen molar-refractivity contribution in [3.05, 3.63) is 162 Å². The van der Waals surface area contributed by atoms with Gasteiger partial charge < -0.3 is 30.3 Å². The lowest BCUT2D eigenvalue weighted by Gasteiger charge is -2.18. The van der Waals surface area contributed by atoms with Crippen LogP contribution in [-0.4, -0.2) is 81.9 Å². The molecule has 0 saturated carbocycles. The number of rotatable bonds is 12. The van der Waals surface area contributed by atoms with Crippen LogP contribution in [0, 0.1) is 0 Å². The predicted molar refractivity (Wildman–Crippen MR) is 263 cm³/mol. The van der Waals surface area contributed by atoms with Crippen molar-refractivity contribution in [1.29, 1.82) is 0 Å². The van der Waals surface area contributed by atoms with Crippen molar-refractivity contribution < 1.29 is 19.1 Å². The van der Waals surface area contributed by atoms with Crippen LogP contribution in [0.1, 0.15) is 48.4 Å². The average molecular weight is 890 g/mol. The molecule has 2 amide bonds. The molecule has 65 heavy (non-hydrogen) atoms. The number of amides is 2. The maximum atomic E-state index is 12.6. The number of benzene rings is 4. The van der Waals surface area contributed by atoms with Crippen molar-refractivity contribution in [1.82, 2.24) is 29.7 Å². The highest BCUT2D eigenvalue weighted by molar-refractivity contribution is 6.35. The number of nitrogens with zero attached hydrogens (tertiary/aromatic N) is 6. The summed E-state index contributed by atoms with van der Waals surface area (Å²) in [7, 11) is 3.28. The van der Waals surface area contributed by atoms with Crippen molar-refractivity contribution in [3.8, 4) is 34.0 Å². The lowest BCUT2D eigenvalue weighted by molar-refractivity contribution is 0.0765. The molecule has 0 aliphatic carbocycles. The molecule has 0 bridgehead atoms. The molecule has 0 aliphatic rings. The number of anilines is 3. The molecule has 0 aliphatic heterocycles. The molecular formula is C52H53ClN8O4. The number of aromatic nitrogens is 4. The summed E-state index contributed by atoms with van der Waals surface area (Å²) in [5, 5.41) is 5.85. The number of nitrogens with one attached hydrogen (secondary N) is 1. The molecule has 8 aromatic rings. The van der Waals surface area contributed by atoms with Crippen LogP contribution >= 0.6 is 11.6 Å². The monoisotopic (exact) mass is 888 g/mol. The normalized spacial score (nSPS) is 10.5. The van der Waals surface area contributed by atoms with Crippen molar-refractivity contribution in [2.45, 2.75) is 27.7 Å². The Morgan fingerprint density at radius 3 is 1.48 bits per heavy atom. The second kappa shape index (κ2) is 22.7.